The maximum absolute atomic E-state index is 12.1. The van der Waals surface area contributed by atoms with Gasteiger partial charge in [-0.25, -0.2) is 4.98 Å². The lowest BCUT2D eigenvalue weighted by Gasteiger charge is -2.20. The highest BCUT2D eigenvalue weighted by Gasteiger charge is 2.22. The van der Waals surface area contributed by atoms with Crippen molar-refractivity contribution in [1.29, 1.82) is 0 Å². The van der Waals surface area contributed by atoms with E-state index in [4.69, 9.17) is 4.42 Å². The molecular weight excluding hydrogens is 276 g/mol. The summed E-state index contributed by atoms with van der Waals surface area (Å²) in [7, 11) is 0. The molecule has 1 fully saturated rings. The van der Waals surface area contributed by atoms with E-state index in [9.17, 15) is 4.79 Å². The summed E-state index contributed by atoms with van der Waals surface area (Å²) in [6.45, 7) is 9.03. The van der Waals surface area contributed by atoms with Crippen molar-refractivity contribution in [2.24, 2.45) is 5.92 Å². The van der Waals surface area contributed by atoms with Crippen LogP contribution in [0, 0.1) is 12.8 Å². The molecule has 0 unspecified atom stereocenters. The summed E-state index contributed by atoms with van der Waals surface area (Å²) >= 11 is 0. The molecule has 4 heteroatoms. The summed E-state index contributed by atoms with van der Waals surface area (Å²) in [6.07, 6.45) is 7.53. The molecule has 0 atom stereocenters. The SMILES string of the molecule is Cc1nc(C(C)(C)C)oc1CCCNC(=O)C1CCCCC1. The Hall–Kier alpha value is -1.32. The number of carbonyl (C=O) groups excluding carboxylic acids is 1. The minimum absolute atomic E-state index is 0.0573. The first-order valence-electron chi connectivity index (χ1n) is 8.62. The smallest absolute Gasteiger partial charge is 0.223 e. The summed E-state index contributed by atoms with van der Waals surface area (Å²) in [6, 6.07) is 0. The zero-order chi connectivity index (χ0) is 16.2. The van der Waals surface area contributed by atoms with Gasteiger partial charge in [0.15, 0.2) is 5.89 Å². The van der Waals surface area contributed by atoms with Gasteiger partial charge in [0, 0.05) is 24.3 Å². The van der Waals surface area contributed by atoms with E-state index in [0.29, 0.717) is 0 Å². The van der Waals surface area contributed by atoms with Gasteiger partial charge in [-0.15, -0.1) is 0 Å². The molecule has 1 heterocycles. The fourth-order valence-corrected chi connectivity index (χ4v) is 2.95. The fourth-order valence-electron chi connectivity index (χ4n) is 2.95. The average molecular weight is 306 g/mol. The van der Waals surface area contributed by atoms with Gasteiger partial charge in [-0.05, 0) is 26.2 Å². The topological polar surface area (TPSA) is 55.1 Å². The van der Waals surface area contributed by atoms with Crippen LogP contribution in [0.1, 0.15) is 76.6 Å². The standard InChI is InChI=1S/C18H30N2O2/c1-13-15(22-17(20-13)18(2,3)4)11-8-12-19-16(21)14-9-6-5-7-10-14/h14H,5-12H2,1-4H3,(H,19,21). The van der Waals surface area contributed by atoms with E-state index < -0.39 is 0 Å². The van der Waals surface area contributed by atoms with Crippen LogP contribution in [-0.2, 0) is 16.6 Å². The molecule has 1 saturated carbocycles. The van der Waals surface area contributed by atoms with Crippen molar-refractivity contribution < 1.29 is 9.21 Å². The molecule has 1 aliphatic rings. The Morgan fingerprint density at radius 2 is 1.95 bits per heavy atom. The molecule has 124 valence electrons. The summed E-state index contributed by atoms with van der Waals surface area (Å²) in [5.74, 6) is 2.24. The predicted molar refractivity (Wildman–Crippen MR) is 87.8 cm³/mol. The van der Waals surface area contributed by atoms with Crippen molar-refractivity contribution in [2.75, 3.05) is 6.54 Å². The minimum atomic E-state index is -0.0573. The first-order chi connectivity index (χ1) is 10.4. The molecule has 1 amide bonds. The molecule has 0 spiro atoms. The molecule has 1 aliphatic carbocycles. The highest BCUT2D eigenvalue weighted by molar-refractivity contribution is 5.78. The molecule has 0 aromatic carbocycles. The normalized spacial score (nSPS) is 16.7. The van der Waals surface area contributed by atoms with Gasteiger partial charge in [-0.2, -0.15) is 0 Å². The number of hydrogen-bond donors (Lipinski definition) is 1. The van der Waals surface area contributed by atoms with Crippen molar-refractivity contribution >= 4 is 5.91 Å². The molecule has 1 aromatic heterocycles. The Balaban J connectivity index is 1.74. The van der Waals surface area contributed by atoms with Gasteiger partial charge in [0.2, 0.25) is 5.91 Å². The largest absolute Gasteiger partial charge is 0.445 e. The molecule has 4 nitrogen and oxygen atoms in total. The highest BCUT2D eigenvalue weighted by Crippen LogP contribution is 2.25. The van der Waals surface area contributed by atoms with Crippen molar-refractivity contribution in [2.45, 2.75) is 78.1 Å². The van der Waals surface area contributed by atoms with Crippen LogP contribution in [0.2, 0.25) is 0 Å². The third kappa shape index (κ3) is 4.59. The number of aryl methyl sites for hydroxylation is 2. The Morgan fingerprint density at radius 3 is 2.55 bits per heavy atom. The lowest BCUT2D eigenvalue weighted by Crippen LogP contribution is -2.32. The lowest BCUT2D eigenvalue weighted by atomic mass is 9.89. The maximum Gasteiger partial charge on any atom is 0.223 e. The average Bonchev–Trinajstić information content (AvgIpc) is 2.86. The van der Waals surface area contributed by atoms with E-state index in [1.54, 1.807) is 0 Å². The van der Waals surface area contributed by atoms with Crippen molar-refractivity contribution in [3.63, 3.8) is 0 Å². The quantitative estimate of drug-likeness (QED) is 0.839. The van der Waals surface area contributed by atoms with Gasteiger partial charge >= 0.3 is 0 Å². The van der Waals surface area contributed by atoms with Crippen LogP contribution in [0.25, 0.3) is 0 Å². The molecule has 0 bridgehead atoms. The second-order valence-corrected chi connectivity index (χ2v) is 7.51. The number of carbonyl (C=O) groups is 1. The number of amides is 1. The van der Waals surface area contributed by atoms with Crippen LogP contribution in [0.15, 0.2) is 4.42 Å². The number of nitrogens with zero attached hydrogens (tertiary/aromatic N) is 1. The van der Waals surface area contributed by atoms with Crippen LogP contribution in [-0.4, -0.2) is 17.4 Å². The van der Waals surface area contributed by atoms with Crippen molar-refractivity contribution in [1.82, 2.24) is 10.3 Å². The summed E-state index contributed by atoms with van der Waals surface area (Å²) in [5.41, 5.74) is 0.918. The van der Waals surface area contributed by atoms with Crippen LogP contribution in [0.3, 0.4) is 0 Å². The van der Waals surface area contributed by atoms with Gasteiger partial charge in [-0.1, -0.05) is 40.0 Å². The Labute approximate surface area is 134 Å². The molecule has 0 radical (unpaired) electrons. The van der Waals surface area contributed by atoms with E-state index in [1.807, 2.05) is 6.92 Å². The number of aromatic nitrogens is 1. The number of oxazole rings is 1. The number of hydrogen-bond acceptors (Lipinski definition) is 3. The molecule has 1 aromatic rings. The lowest BCUT2D eigenvalue weighted by molar-refractivity contribution is -0.125. The van der Waals surface area contributed by atoms with E-state index in [0.717, 1.165) is 49.6 Å². The Morgan fingerprint density at radius 1 is 1.27 bits per heavy atom. The third-order valence-corrected chi connectivity index (χ3v) is 4.39. The molecule has 1 N–H and O–H groups in total. The van der Waals surface area contributed by atoms with E-state index in [1.165, 1.54) is 19.3 Å². The first kappa shape index (κ1) is 17.0. The number of rotatable bonds is 5. The van der Waals surface area contributed by atoms with Crippen molar-refractivity contribution in [3.05, 3.63) is 17.3 Å². The monoisotopic (exact) mass is 306 g/mol. The van der Waals surface area contributed by atoms with Crippen LogP contribution in [0.5, 0.6) is 0 Å². The second kappa shape index (κ2) is 7.30. The number of nitrogens with one attached hydrogen (secondary N) is 1. The molecule has 0 aliphatic heterocycles. The minimum Gasteiger partial charge on any atom is -0.445 e. The molecule has 2 rings (SSSR count). The zero-order valence-electron chi connectivity index (χ0n) is 14.5. The van der Waals surface area contributed by atoms with Gasteiger partial charge in [0.25, 0.3) is 0 Å². The molecular formula is C18H30N2O2. The second-order valence-electron chi connectivity index (χ2n) is 7.51. The van der Waals surface area contributed by atoms with Crippen LogP contribution in [0.4, 0.5) is 0 Å². The van der Waals surface area contributed by atoms with Gasteiger partial charge in [0.1, 0.15) is 5.76 Å². The van der Waals surface area contributed by atoms with E-state index >= 15 is 0 Å². The van der Waals surface area contributed by atoms with Gasteiger partial charge < -0.3 is 9.73 Å². The highest BCUT2D eigenvalue weighted by atomic mass is 16.4. The Kier molecular flexibility index (Phi) is 5.65. The zero-order valence-corrected chi connectivity index (χ0v) is 14.5. The Bertz CT molecular complexity index is 494. The summed E-state index contributed by atoms with van der Waals surface area (Å²) in [4.78, 5) is 16.6. The van der Waals surface area contributed by atoms with E-state index in [2.05, 4.69) is 31.1 Å². The van der Waals surface area contributed by atoms with E-state index in [-0.39, 0.29) is 17.2 Å². The maximum atomic E-state index is 12.1. The summed E-state index contributed by atoms with van der Waals surface area (Å²) < 4.78 is 5.88. The van der Waals surface area contributed by atoms with Crippen molar-refractivity contribution in [3.8, 4) is 0 Å². The fraction of sp³-hybridized carbons (Fsp3) is 0.778. The predicted octanol–water partition coefficient (Wildman–Crippen LogP) is 3.91. The van der Waals surface area contributed by atoms with Crippen LogP contribution >= 0.6 is 0 Å². The van der Waals surface area contributed by atoms with Gasteiger partial charge in [-0.3, -0.25) is 4.79 Å². The first-order valence-corrected chi connectivity index (χ1v) is 8.62. The summed E-state index contributed by atoms with van der Waals surface area (Å²) in [5, 5.41) is 3.08. The van der Waals surface area contributed by atoms with Gasteiger partial charge in [0.05, 0.1) is 5.69 Å². The third-order valence-electron chi connectivity index (χ3n) is 4.39. The van der Waals surface area contributed by atoms with Crippen LogP contribution < -0.4 is 5.32 Å². The molecule has 0 saturated heterocycles. The molecule has 22 heavy (non-hydrogen) atoms.